The van der Waals surface area contributed by atoms with E-state index in [-0.39, 0.29) is 11.4 Å². The van der Waals surface area contributed by atoms with Crippen molar-refractivity contribution in [3.8, 4) is 23.0 Å². The fourth-order valence-corrected chi connectivity index (χ4v) is 3.37. The SMILES string of the molecule is CCOc1cc(N=NC(C(C)=O)C(=O)N(Cl)c2ccc(OCC)c(OCC)c2)c(OCC)cc1Cl. The summed E-state index contributed by atoms with van der Waals surface area (Å²) in [7, 11) is 0. The number of ketones is 1. The quantitative estimate of drug-likeness (QED) is 0.176. The molecule has 1 atom stereocenters. The molecule has 2 aromatic rings. The van der Waals surface area contributed by atoms with Crippen molar-refractivity contribution in [2.24, 2.45) is 10.2 Å². The summed E-state index contributed by atoms with van der Waals surface area (Å²) >= 11 is 12.5. The van der Waals surface area contributed by atoms with Gasteiger partial charge in [-0.3, -0.25) is 9.59 Å². The molecule has 35 heavy (non-hydrogen) atoms. The van der Waals surface area contributed by atoms with Crippen LogP contribution in [-0.4, -0.2) is 44.2 Å². The van der Waals surface area contributed by atoms with Crippen LogP contribution in [0.1, 0.15) is 34.6 Å². The summed E-state index contributed by atoms with van der Waals surface area (Å²) in [6, 6.07) is 6.34. The minimum atomic E-state index is -1.49. The Bertz CT molecular complexity index is 1060. The van der Waals surface area contributed by atoms with E-state index in [0.717, 1.165) is 4.42 Å². The molecule has 0 spiro atoms. The lowest BCUT2D eigenvalue weighted by molar-refractivity contribution is -0.126. The van der Waals surface area contributed by atoms with Gasteiger partial charge in [0.2, 0.25) is 6.04 Å². The number of amides is 1. The van der Waals surface area contributed by atoms with Crippen molar-refractivity contribution in [2.75, 3.05) is 30.8 Å². The summed E-state index contributed by atoms with van der Waals surface area (Å²) < 4.78 is 23.0. The Labute approximate surface area is 215 Å². The highest BCUT2D eigenvalue weighted by Gasteiger charge is 2.29. The van der Waals surface area contributed by atoms with Crippen LogP contribution in [0.3, 0.4) is 0 Å². The smallest absolute Gasteiger partial charge is 0.276 e. The summed E-state index contributed by atoms with van der Waals surface area (Å²) in [5.74, 6) is 0.292. The third-order valence-electron chi connectivity index (χ3n) is 4.46. The molecule has 0 aliphatic rings. The Hall–Kier alpha value is -3.04. The van der Waals surface area contributed by atoms with E-state index in [0.29, 0.717) is 54.4 Å². The fourth-order valence-electron chi connectivity index (χ4n) is 2.96. The summed E-state index contributed by atoms with van der Waals surface area (Å²) in [5, 5.41) is 8.42. The topological polar surface area (TPSA) is 99.0 Å². The first-order valence-electron chi connectivity index (χ1n) is 11.2. The monoisotopic (exact) mass is 525 g/mol. The number of hydrogen-bond donors (Lipinski definition) is 0. The maximum Gasteiger partial charge on any atom is 0.276 e. The first-order valence-corrected chi connectivity index (χ1v) is 11.9. The molecule has 0 aliphatic carbocycles. The average molecular weight is 526 g/mol. The lowest BCUT2D eigenvalue weighted by atomic mass is 10.2. The molecular weight excluding hydrogens is 497 g/mol. The van der Waals surface area contributed by atoms with Crippen LogP contribution in [0.15, 0.2) is 40.6 Å². The number of anilines is 1. The Morgan fingerprint density at radius 3 is 2.03 bits per heavy atom. The summed E-state index contributed by atoms with van der Waals surface area (Å²) in [6.45, 7) is 10.1. The van der Waals surface area contributed by atoms with E-state index < -0.39 is 17.7 Å². The van der Waals surface area contributed by atoms with Crippen molar-refractivity contribution in [3.63, 3.8) is 0 Å². The predicted molar refractivity (Wildman–Crippen MR) is 135 cm³/mol. The van der Waals surface area contributed by atoms with Crippen LogP contribution < -0.4 is 23.4 Å². The van der Waals surface area contributed by atoms with Gasteiger partial charge in [0.1, 0.15) is 17.2 Å². The van der Waals surface area contributed by atoms with Gasteiger partial charge in [0.15, 0.2) is 17.3 Å². The highest BCUT2D eigenvalue weighted by molar-refractivity contribution is 6.39. The average Bonchev–Trinajstić information content (AvgIpc) is 2.82. The maximum atomic E-state index is 13.1. The second kappa shape index (κ2) is 13.7. The van der Waals surface area contributed by atoms with Gasteiger partial charge in [-0.05, 0) is 46.8 Å². The zero-order chi connectivity index (χ0) is 26.0. The van der Waals surface area contributed by atoms with Gasteiger partial charge < -0.3 is 18.9 Å². The van der Waals surface area contributed by atoms with Crippen LogP contribution in [0.25, 0.3) is 0 Å². The summed E-state index contributed by atoms with van der Waals surface area (Å²) in [6.07, 6.45) is 0. The number of nitrogens with zero attached hydrogens (tertiary/aromatic N) is 3. The number of halogens is 2. The molecule has 9 nitrogen and oxygen atoms in total. The van der Waals surface area contributed by atoms with Crippen molar-refractivity contribution in [3.05, 3.63) is 35.4 Å². The van der Waals surface area contributed by atoms with E-state index in [1.165, 1.54) is 19.1 Å². The predicted octanol–water partition coefficient (Wildman–Crippen LogP) is 6.16. The Morgan fingerprint density at radius 2 is 1.43 bits per heavy atom. The Morgan fingerprint density at radius 1 is 0.857 bits per heavy atom. The fraction of sp³-hybridized carbons (Fsp3) is 0.417. The normalized spacial score (nSPS) is 11.7. The number of carbonyl (C=O) groups excluding carboxylic acids is 2. The van der Waals surface area contributed by atoms with Gasteiger partial charge in [0, 0.05) is 30.0 Å². The Balaban J connectivity index is 2.38. The maximum absolute atomic E-state index is 13.1. The zero-order valence-electron chi connectivity index (χ0n) is 20.3. The molecule has 0 aliphatic heterocycles. The van der Waals surface area contributed by atoms with Gasteiger partial charge in [0.25, 0.3) is 5.91 Å². The number of hydrogen-bond acceptors (Lipinski definition) is 8. The molecular formula is C24H29Cl2N3O6. The lowest BCUT2D eigenvalue weighted by Gasteiger charge is -2.19. The van der Waals surface area contributed by atoms with Crippen LogP contribution in [0.4, 0.5) is 11.4 Å². The number of rotatable bonds is 13. The van der Waals surface area contributed by atoms with Crippen molar-refractivity contribution < 1.29 is 28.5 Å². The molecule has 0 heterocycles. The molecule has 2 rings (SSSR count). The van der Waals surface area contributed by atoms with Crippen molar-refractivity contribution in [2.45, 2.75) is 40.7 Å². The van der Waals surface area contributed by atoms with E-state index in [1.54, 1.807) is 25.1 Å². The number of Topliss-reactive ketones (excluding diaryl/α,β-unsaturated/α-hetero) is 1. The summed E-state index contributed by atoms with van der Waals surface area (Å²) in [5.41, 5.74) is 0.532. The van der Waals surface area contributed by atoms with Crippen LogP contribution in [0.2, 0.25) is 5.02 Å². The number of ether oxygens (including phenoxy) is 4. The van der Waals surface area contributed by atoms with Crippen LogP contribution in [0, 0.1) is 0 Å². The first-order chi connectivity index (χ1) is 16.8. The van der Waals surface area contributed by atoms with E-state index in [1.807, 2.05) is 20.8 Å². The molecule has 0 saturated heterocycles. The standard InChI is InChI=1S/C24H29Cl2N3O6/c1-6-32-19-11-10-16(12-22(19)35-9-4)29(26)24(31)23(15(5)30)28-27-18-14-20(33-7-2)17(25)13-21(18)34-8-3/h10-14,23H,6-9H2,1-5H3. The highest BCUT2D eigenvalue weighted by atomic mass is 35.5. The van der Waals surface area contributed by atoms with Crippen molar-refractivity contribution in [1.82, 2.24) is 0 Å². The van der Waals surface area contributed by atoms with E-state index in [4.69, 9.17) is 42.3 Å². The zero-order valence-corrected chi connectivity index (χ0v) is 21.9. The molecule has 1 amide bonds. The molecule has 0 fully saturated rings. The van der Waals surface area contributed by atoms with E-state index >= 15 is 0 Å². The molecule has 11 heteroatoms. The van der Waals surface area contributed by atoms with Gasteiger partial charge in [0.05, 0.1) is 37.1 Å². The third kappa shape index (κ3) is 7.47. The van der Waals surface area contributed by atoms with Crippen LogP contribution in [-0.2, 0) is 9.59 Å². The third-order valence-corrected chi connectivity index (χ3v) is 5.12. The largest absolute Gasteiger partial charge is 0.492 e. The first kappa shape index (κ1) is 28.2. The van der Waals surface area contributed by atoms with Crippen molar-refractivity contribution >= 4 is 46.4 Å². The molecule has 0 bridgehead atoms. The molecule has 0 saturated carbocycles. The number of carbonyl (C=O) groups is 2. The number of benzene rings is 2. The molecule has 190 valence electrons. The van der Waals surface area contributed by atoms with Gasteiger partial charge >= 0.3 is 0 Å². The minimum Gasteiger partial charge on any atom is -0.492 e. The van der Waals surface area contributed by atoms with Gasteiger partial charge in [-0.15, -0.1) is 0 Å². The van der Waals surface area contributed by atoms with Crippen LogP contribution in [0.5, 0.6) is 23.0 Å². The van der Waals surface area contributed by atoms with E-state index in [2.05, 4.69) is 10.2 Å². The van der Waals surface area contributed by atoms with Gasteiger partial charge in [-0.2, -0.15) is 10.2 Å². The molecule has 0 N–H and O–H groups in total. The van der Waals surface area contributed by atoms with E-state index in [9.17, 15) is 9.59 Å². The lowest BCUT2D eigenvalue weighted by Crippen LogP contribution is -2.36. The molecule has 0 aromatic heterocycles. The second-order valence-electron chi connectivity index (χ2n) is 6.96. The number of azo groups is 1. The minimum absolute atomic E-state index is 0.250. The molecule has 0 radical (unpaired) electrons. The molecule has 2 aromatic carbocycles. The highest BCUT2D eigenvalue weighted by Crippen LogP contribution is 2.38. The van der Waals surface area contributed by atoms with Crippen molar-refractivity contribution in [1.29, 1.82) is 0 Å². The molecule has 1 unspecified atom stereocenters. The van der Waals surface area contributed by atoms with Crippen LogP contribution >= 0.6 is 23.4 Å². The second-order valence-corrected chi connectivity index (χ2v) is 7.71. The van der Waals surface area contributed by atoms with Gasteiger partial charge in [-0.25, -0.2) is 4.42 Å². The Kier molecular flexibility index (Phi) is 11.1. The summed E-state index contributed by atoms with van der Waals surface area (Å²) in [4.78, 5) is 25.4. The van der Waals surface area contributed by atoms with Gasteiger partial charge in [-0.1, -0.05) is 11.6 Å².